The van der Waals surface area contributed by atoms with Crippen molar-refractivity contribution in [3.05, 3.63) is 59.5 Å². The second kappa shape index (κ2) is 9.01. The minimum absolute atomic E-state index is 0.205. The van der Waals surface area contributed by atoms with Crippen LogP contribution in [0, 0.1) is 0 Å². The molecule has 0 fully saturated rings. The summed E-state index contributed by atoms with van der Waals surface area (Å²) < 4.78 is 15.3. The Morgan fingerprint density at radius 1 is 1.07 bits per heavy atom. The van der Waals surface area contributed by atoms with Crippen molar-refractivity contribution >= 4 is 28.3 Å². The molecule has 0 radical (unpaired) electrons. The predicted molar refractivity (Wildman–Crippen MR) is 106 cm³/mol. The lowest BCUT2D eigenvalue weighted by atomic mass is 10.2. The first-order chi connectivity index (χ1) is 13.6. The van der Waals surface area contributed by atoms with E-state index in [-0.39, 0.29) is 5.56 Å². The first kappa shape index (κ1) is 19.4. The van der Waals surface area contributed by atoms with Crippen molar-refractivity contribution in [2.45, 2.75) is 0 Å². The van der Waals surface area contributed by atoms with Gasteiger partial charge >= 0.3 is 5.97 Å². The van der Waals surface area contributed by atoms with Gasteiger partial charge in [0.15, 0.2) is 11.7 Å². The summed E-state index contributed by atoms with van der Waals surface area (Å²) in [5, 5.41) is 4.90. The summed E-state index contributed by atoms with van der Waals surface area (Å²) in [4.78, 5) is 28.7. The van der Waals surface area contributed by atoms with Crippen molar-refractivity contribution in [1.82, 2.24) is 4.98 Å². The lowest BCUT2D eigenvalue weighted by molar-refractivity contribution is -0.119. The van der Waals surface area contributed by atoms with E-state index in [1.54, 1.807) is 12.1 Å². The van der Waals surface area contributed by atoms with E-state index in [0.29, 0.717) is 16.6 Å². The molecule has 0 aliphatic heterocycles. The van der Waals surface area contributed by atoms with Gasteiger partial charge in [0, 0.05) is 17.0 Å². The molecule has 1 heterocycles. The van der Waals surface area contributed by atoms with E-state index >= 15 is 0 Å². The van der Waals surface area contributed by atoms with Crippen LogP contribution in [0.1, 0.15) is 10.4 Å². The van der Waals surface area contributed by atoms with Crippen LogP contribution in [-0.2, 0) is 9.53 Å². The zero-order chi connectivity index (χ0) is 19.9. The Morgan fingerprint density at radius 3 is 2.57 bits per heavy atom. The van der Waals surface area contributed by atoms with Crippen LogP contribution in [0.5, 0.6) is 11.5 Å². The van der Waals surface area contributed by atoms with Crippen LogP contribution in [-0.4, -0.2) is 37.7 Å². The van der Waals surface area contributed by atoms with Crippen LogP contribution in [0.4, 0.5) is 5.13 Å². The SMILES string of the molecule is COc1ccc(C(=O)OCC(=O)Nc2nc(-c3ccccc3)cs2)c(OC)c1. The highest BCUT2D eigenvalue weighted by molar-refractivity contribution is 7.14. The highest BCUT2D eigenvalue weighted by Crippen LogP contribution is 2.26. The third-order valence-corrected chi connectivity index (χ3v) is 4.54. The van der Waals surface area contributed by atoms with Crippen LogP contribution in [0.3, 0.4) is 0 Å². The van der Waals surface area contributed by atoms with Crippen molar-refractivity contribution in [3.63, 3.8) is 0 Å². The van der Waals surface area contributed by atoms with E-state index in [2.05, 4.69) is 10.3 Å². The summed E-state index contributed by atoms with van der Waals surface area (Å²) in [6.45, 7) is -0.436. The van der Waals surface area contributed by atoms with Gasteiger partial charge in [-0.2, -0.15) is 0 Å². The predicted octanol–water partition coefficient (Wildman–Crippen LogP) is 3.62. The van der Waals surface area contributed by atoms with Crippen molar-refractivity contribution in [2.75, 3.05) is 26.1 Å². The summed E-state index contributed by atoms with van der Waals surface area (Å²) in [6, 6.07) is 14.3. The number of nitrogens with one attached hydrogen (secondary N) is 1. The zero-order valence-electron chi connectivity index (χ0n) is 15.3. The Bertz CT molecular complexity index is 972. The maximum absolute atomic E-state index is 12.2. The molecule has 28 heavy (non-hydrogen) atoms. The van der Waals surface area contributed by atoms with Gasteiger partial charge in [0.2, 0.25) is 0 Å². The highest BCUT2D eigenvalue weighted by atomic mass is 32.1. The summed E-state index contributed by atoms with van der Waals surface area (Å²) in [5.41, 5.74) is 1.93. The zero-order valence-corrected chi connectivity index (χ0v) is 16.1. The van der Waals surface area contributed by atoms with Crippen molar-refractivity contribution in [3.8, 4) is 22.8 Å². The average Bonchev–Trinajstić information content (AvgIpc) is 3.20. The second-order valence-corrected chi connectivity index (χ2v) is 6.45. The first-order valence-corrected chi connectivity index (χ1v) is 9.18. The fourth-order valence-corrected chi connectivity index (χ4v) is 3.14. The van der Waals surface area contributed by atoms with Crippen LogP contribution >= 0.6 is 11.3 Å². The normalized spacial score (nSPS) is 10.2. The fraction of sp³-hybridized carbons (Fsp3) is 0.150. The molecule has 0 aliphatic carbocycles. The lowest BCUT2D eigenvalue weighted by Crippen LogP contribution is -2.21. The fourth-order valence-electron chi connectivity index (χ4n) is 2.40. The molecule has 0 unspecified atom stereocenters. The number of rotatable bonds is 7. The molecule has 3 aromatic rings. The number of carbonyl (C=O) groups excluding carboxylic acids is 2. The van der Waals surface area contributed by atoms with Gasteiger partial charge in [0.1, 0.15) is 17.1 Å². The van der Waals surface area contributed by atoms with Gasteiger partial charge in [-0.15, -0.1) is 11.3 Å². The maximum Gasteiger partial charge on any atom is 0.342 e. The van der Waals surface area contributed by atoms with Crippen LogP contribution in [0.25, 0.3) is 11.3 Å². The Kier molecular flexibility index (Phi) is 6.23. The summed E-state index contributed by atoms with van der Waals surface area (Å²) >= 11 is 1.30. The van der Waals surface area contributed by atoms with Crippen molar-refractivity contribution < 1.29 is 23.8 Å². The van der Waals surface area contributed by atoms with E-state index in [9.17, 15) is 9.59 Å². The van der Waals surface area contributed by atoms with Gasteiger partial charge in [-0.3, -0.25) is 10.1 Å². The number of hydrogen-bond donors (Lipinski definition) is 1. The number of methoxy groups -OCH3 is 2. The van der Waals surface area contributed by atoms with Gasteiger partial charge in [-0.1, -0.05) is 30.3 Å². The molecule has 1 amide bonds. The average molecular weight is 398 g/mol. The lowest BCUT2D eigenvalue weighted by Gasteiger charge is -2.10. The molecule has 144 valence electrons. The largest absolute Gasteiger partial charge is 0.497 e. The molecule has 7 nitrogen and oxygen atoms in total. The standard InChI is InChI=1S/C20H18N2O5S/c1-25-14-8-9-15(17(10-14)26-2)19(24)27-11-18(23)22-20-21-16(12-28-20)13-6-4-3-5-7-13/h3-10,12H,11H2,1-2H3,(H,21,22,23). The quantitative estimate of drug-likeness (QED) is 0.612. The molecule has 0 atom stereocenters. The summed E-state index contributed by atoms with van der Waals surface area (Å²) in [6.07, 6.45) is 0. The molecule has 0 spiro atoms. The van der Waals surface area contributed by atoms with Crippen molar-refractivity contribution in [1.29, 1.82) is 0 Å². The minimum Gasteiger partial charge on any atom is -0.497 e. The van der Waals surface area contributed by atoms with E-state index < -0.39 is 18.5 Å². The number of anilines is 1. The van der Waals surface area contributed by atoms with Gasteiger partial charge in [-0.25, -0.2) is 9.78 Å². The third kappa shape index (κ3) is 4.66. The molecule has 2 aromatic carbocycles. The van der Waals surface area contributed by atoms with E-state index in [1.165, 1.54) is 31.6 Å². The van der Waals surface area contributed by atoms with Gasteiger partial charge in [0.05, 0.1) is 19.9 Å². The van der Waals surface area contributed by atoms with Gasteiger partial charge in [0.25, 0.3) is 5.91 Å². The maximum atomic E-state index is 12.2. The Balaban J connectivity index is 1.57. The molecule has 1 aromatic heterocycles. The Hall–Kier alpha value is -3.39. The molecule has 0 saturated heterocycles. The Labute approximate surface area is 165 Å². The summed E-state index contributed by atoms with van der Waals surface area (Å²) in [5.74, 6) is -0.296. The number of benzene rings is 2. The molecule has 8 heteroatoms. The number of amides is 1. The molecule has 0 bridgehead atoms. The molecular weight excluding hydrogens is 380 g/mol. The van der Waals surface area contributed by atoms with E-state index in [4.69, 9.17) is 14.2 Å². The van der Waals surface area contributed by atoms with Crippen LogP contribution in [0.15, 0.2) is 53.9 Å². The van der Waals surface area contributed by atoms with E-state index in [1.807, 2.05) is 35.7 Å². The molecule has 1 N–H and O–H groups in total. The molecule has 3 rings (SSSR count). The number of esters is 1. The molecule has 0 saturated carbocycles. The minimum atomic E-state index is -0.668. The smallest absolute Gasteiger partial charge is 0.342 e. The number of nitrogens with zero attached hydrogens (tertiary/aromatic N) is 1. The number of ether oxygens (including phenoxy) is 3. The van der Waals surface area contributed by atoms with Crippen LogP contribution in [0.2, 0.25) is 0 Å². The second-order valence-electron chi connectivity index (χ2n) is 5.59. The highest BCUT2D eigenvalue weighted by Gasteiger charge is 2.17. The number of hydrogen-bond acceptors (Lipinski definition) is 7. The Morgan fingerprint density at radius 2 is 1.86 bits per heavy atom. The van der Waals surface area contributed by atoms with Gasteiger partial charge in [-0.05, 0) is 12.1 Å². The number of aromatic nitrogens is 1. The molecular formula is C20H18N2O5S. The van der Waals surface area contributed by atoms with E-state index in [0.717, 1.165) is 11.3 Å². The topological polar surface area (TPSA) is 86.8 Å². The van der Waals surface area contributed by atoms with Crippen molar-refractivity contribution in [2.24, 2.45) is 0 Å². The van der Waals surface area contributed by atoms with Gasteiger partial charge < -0.3 is 14.2 Å². The summed E-state index contributed by atoms with van der Waals surface area (Å²) in [7, 11) is 2.95. The molecule has 0 aliphatic rings. The van der Waals surface area contributed by atoms with Crippen LogP contribution < -0.4 is 14.8 Å². The number of thiazole rings is 1. The monoisotopic (exact) mass is 398 g/mol. The number of carbonyl (C=O) groups is 2. The first-order valence-electron chi connectivity index (χ1n) is 8.30. The third-order valence-electron chi connectivity index (χ3n) is 3.78.